The Morgan fingerprint density at radius 2 is 0.706 bits per heavy atom. The number of hydrogen-bond donors (Lipinski definition) is 3. The molecule has 3 amide bonds. The van der Waals surface area contributed by atoms with E-state index < -0.39 is 53.8 Å². The highest BCUT2D eigenvalue weighted by atomic mass is 16.5. The summed E-state index contributed by atoms with van der Waals surface area (Å²) in [5.41, 5.74) is 2.49. The summed E-state index contributed by atoms with van der Waals surface area (Å²) in [6.45, 7) is 0.297. The third-order valence-electron chi connectivity index (χ3n) is 8.21. The zero-order valence-electron chi connectivity index (χ0n) is 28.6. The van der Waals surface area contributed by atoms with Crippen molar-refractivity contribution in [3.63, 3.8) is 0 Å². The van der Waals surface area contributed by atoms with Crippen molar-refractivity contribution in [2.45, 2.75) is 95.7 Å². The zero-order valence-corrected chi connectivity index (χ0v) is 28.6. The van der Waals surface area contributed by atoms with Crippen LogP contribution < -0.4 is 16.0 Å². The van der Waals surface area contributed by atoms with Gasteiger partial charge in [-0.3, -0.25) is 28.8 Å². The van der Waals surface area contributed by atoms with E-state index in [2.05, 4.69) is 16.0 Å². The van der Waals surface area contributed by atoms with E-state index in [9.17, 15) is 28.8 Å². The van der Waals surface area contributed by atoms with Crippen molar-refractivity contribution in [1.29, 1.82) is 0 Å². The van der Waals surface area contributed by atoms with Crippen molar-refractivity contribution < 1.29 is 43.0 Å². The summed E-state index contributed by atoms with van der Waals surface area (Å²) >= 11 is 0. The van der Waals surface area contributed by atoms with Crippen LogP contribution in [-0.4, -0.2) is 53.8 Å². The summed E-state index contributed by atoms with van der Waals surface area (Å²) in [7, 11) is 0. The van der Waals surface area contributed by atoms with Gasteiger partial charge in [0.05, 0.1) is 0 Å². The Morgan fingerprint density at radius 3 is 0.961 bits per heavy atom. The highest BCUT2D eigenvalue weighted by molar-refractivity contribution is 5.84. The highest BCUT2D eigenvalue weighted by Crippen LogP contribution is 2.14. The smallest absolute Gasteiger partial charge is 0.306 e. The van der Waals surface area contributed by atoms with Crippen LogP contribution in [0.15, 0.2) is 91.0 Å². The van der Waals surface area contributed by atoms with Gasteiger partial charge in [-0.15, -0.1) is 0 Å². The molecule has 0 radical (unpaired) electrons. The van der Waals surface area contributed by atoms with Crippen LogP contribution >= 0.6 is 0 Å². The van der Waals surface area contributed by atoms with Crippen LogP contribution in [0, 0.1) is 0 Å². The van der Waals surface area contributed by atoms with Crippen LogP contribution in [0.3, 0.4) is 0 Å². The maximum atomic E-state index is 13.2. The van der Waals surface area contributed by atoms with Crippen molar-refractivity contribution >= 4 is 35.6 Å². The van der Waals surface area contributed by atoms with Crippen LogP contribution in [0.2, 0.25) is 0 Å². The molecule has 0 saturated carbocycles. The maximum absolute atomic E-state index is 13.2. The van der Waals surface area contributed by atoms with Gasteiger partial charge in [-0.2, -0.15) is 0 Å². The predicted octanol–water partition coefficient (Wildman–Crippen LogP) is 4.20. The molecule has 3 aromatic rings. The third-order valence-corrected chi connectivity index (χ3v) is 8.21. The van der Waals surface area contributed by atoms with Gasteiger partial charge in [0.25, 0.3) is 0 Å². The fraction of sp³-hybridized carbons (Fsp3) is 0.385. The minimum Gasteiger partial charge on any atom is -0.461 e. The standard InChI is InChI=1S/C39H45N3O9/c43-34-22-31(16-19-37(46)49-25-28-10-4-1-5-11-28)40-35(44)23-32(17-20-38(47)50-26-29-12-6-2-7-13-29)42-36(45)24-33(41-34)18-21-39(48)51-27-30-14-8-3-9-15-30/h1-15,31-33H,16-27H2,(H,40,44)(H,41,43)(H,42,45). The Balaban J connectivity index is 1.37. The molecule has 3 atom stereocenters. The van der Waals surface area contributed by atoms with Crippen molar-refractivity contribution in [3.8, 4) is 0 Å². The molecule has 0 aliphatic carbocycles. The predicted molar refractivity (Wildman–Crippen MR) is 186 cm³/mol. The van der Waals surface area contributed by atoms with Crippen molar-refractivity contribution in [3.05, 3.63) is 108 Å². The second-order valence-electron chi connectivity index (χ2n) is 12.5. The minimum absolute atomic E-state index is 0.0465. The highest BCUT2D eigenvalue weighted by Gasteiger charge is 2.27. The molecule has 1 saturated heterocycles. The number of ether oxygens (including phenoxy) is 3. The summed E-state index contributed by atoms with van der Waals surface area (Å²) in [4.78, 5) is 77.2. The molecule has 3 aromatic carbocycles. The van der Waals surface area contributed by atoms with Gasteiger partial charge in [-0.1, -0.05) is 91.0 Å². The fourth-order valence-electron chi connectivity index (χ4n) is 5.51. The van der Waals surface area contributed by atoms with E-state index in [1.807, 2.05) is 91.0 Å². The molecule has 4 rings (SSSR count). The first-order valence-electron chi connectivity index (χ1n) is 17.2. The number of hydrogen-bond acceptors (Lipinski definition) is 9. The molecule has 1 aliphatic rings. The van der Waals surface area contributed by atoms with E-state index in [1.165, 1.54) is 0 Å². The molecule has 12 heteroatoms. The number of rotatable bonds is 15. The van der Waals surface area contributed by atoms with Gasteiger partial charge in [0, 0.05) is 56.7 Å². The van der Waals surface area contributed by atoms with E-state index in [0.717, 1.165) is 16.7 Å². The minimum atomic E-state index is -0.718. The van der Waals surface area contributed by atoms with Crippen LogP contribution in [0.25, 0.3) is 0 Å². The number of amides is 3. The number of carbonyl (C=O) groups excluding carboxylic acids is 6. The summed E-state index contributed by atoms with van der Waals surface area (Å²) in [5, 5.41) is 8.47. The summed E-state index contributed by atoms with van der Waals surface area (Å²) < 4.78 is 16.1. The Hall–Kier alpha value is -5.52. The zero-order chi connectivity index (χ0) is 36.3. The van der Waals surface area contributed by atoms with Crippen molar-refractivity contribution in [2.24, 2.45) is 0 Å². The van der Waals surface area contributed by atoms with Crippen LogP contribution in [0.5, 0.6) is 0 Å². The average Bonchev–Trinajstić information content (AvgIpc) is 3.13. The topological polar surface area (TPSA) is 166 Å². The first kappa shape index (κ1) is 38.3. The van der Waals surface area contributed by atoms with Crippen LogP contribution in [0.4, 0.5) is 0 Å². The molecule has 3 unspecified atom stereocenters. The molecule has 0 aromatic heterocycles. The quantitative estimate of drug-likeness (QED) is 0.156. The van der Waals surface area contributed by atoms with E-state index >= 15 is 0 Å². The van der Waals surface area contributed by atoms with Crippen molar-refractivity contribution in [1.82, 2.24) is 16.0 Å². The third kappa shape index (κ3) is 15.3. The van der Waals surface area contributed by atoms with Gasteiger partial charge in [-0.25, -0.2) is 0 Å². The lowest BCUT2D eigenvalue weighted by Crippen LogP contribution is -2.48. The molecule has 51 heavy (non-hydrogen) atoms. The monoisotopic (exact) mass is 699 g/mol. The molecule has 270 valence electrons. The second-order valence-corrected chi connectivity index (χ2v) is 12.5. The van der Waals surface area contributed by atoms with Crippen LogP contribution in [0.1, 0.15) is 74.5 Å². The lowest BCUT2D eigenvalue weighted by Gasteiger charge is -2.26. The Kier molecular flexibility index (Phi) is 15.7. The normalized spacial score (nSPS) is 18.1. The molecule has 1 heterocycles. The summed E-state index contributed by atoms with van der Waals surface area (Å²) in [5.74, 6) is -2.80. The van der Waals surface area contributed by atoms with Gasteiger partial charge in [0.1, 0.15) is 19.8 Å². The van der Waals surface area contributed by atoms with Crippen molar-refractivity contribution in [2.75, 3.05) is 0 Å². The first-order valence-corrected chi connectivity index (χ1v) is 17.2. The van der Waals surface area contributed by atoms with Crippen LogP contribution in [-0.2, 0) is 62.8 Å². The number of nitrogens with one attached hydrogen (secondary N) is 3. The Morgan fingerprint density at radius 1 is 0.451 bits per heavy atom. The molecule has 1 aliphatic heterocycles. The summed E-state index contributed by atoms with van der Waals surface area (Å²) in [6.07, 6.45) is -0.232. The summed E-state index contributed by atoms with van der Waals surface area (Å²) in [6, 6.07) is 25.5. The van der Waals surface area contributed by atoms with E-state index in [4.69, 9.17) is 14.2 Å². The maximum Gasteiger partial charge on any atom is 0.306 e. The molecule has 0 spiro atoms. The number of benzene rings is 3. The van der Waals surface area contributed by atoms with Gasteiger partial charge >= 0.3 is 17.9 Å². The fourth-order valence-corrected chi connectivity index (χ4v) is 5.51. The molecule has 1 fully saturated rings. The van der Waals surface area contributed by atoms with Gasteiger partial charge < -0.3 is 30.2 Å². The molecular formula is C39H45N3O9. The van der Waals surface area contributed by atoms with Gasteiger partial charge in [-0.05, 0) is 36.0 Å². The Bertz CT molecular complexity index is 1370. The lowest BCUT2D eigenvalue weighted by molar-refractivity contribution is -0.146. The average molecular weight is 700 g/mol. The van der Waals surface area contributed by atoms with E-state index in [1.54, 1.807) is 0 Å². The SMILES string of the molecule is O=C1CC(CCC(=O)OCc2ccccc2)NC(=O)CC(CCC(=O)OCc2ccccc2)NC(=O)CC(CCC(=O)OCc2ccccc2)N1. The van der Waals surface area contributed by atoms with Gasteiger partial charge in [0.2, 0.25) is 17.7 Å². The largest absolute Gasteiger partial charge is 0.461 e. The van der Waals surface area contributed by atoms with E-state index in [0.29, 0.717) is 0 Å². The first-order chi connectivity index (χ1) is 24.7. The van der Waals surface area contributed by atoms with Gasteiger partial charge in [0.15, 0.2) is 0 Å². The second kappa shape index (κ2) is 20.9. The molecule has 12 nitrogen and oxygen atoms in total. The number of esters is 3. The molecule has 3 N–H and O–H groups in total. The molecular weight excluding hydrogens is 654 g/mol. The lowest BCUT2D eigenvalue weighted by atomic mass is 10.0. The van der Waals surface area contributed by atoms with E-state index in [-0.39, 0.29) is 77.6 Å². The number of carbonyl (C=O) groups is 6. The molecule has 0 bridgehead atoms. The Labute approximate surface area is 297 Å².